The minimum atomic E-state index is -0.391. The Morgan fingerprint density at radius 3 is 2.81 bits per heavy atom. The van der Waals surface area contributed by atoms with E-state index in [9.17, 15) is 4.79 Å². The molecule has 0 fully saturated rings. The van der Waals surface area contributed by atoms with Crippen LogP contribution >= 0.6 is 0 Å². The fourth-order valence-corrected chi connectivity index (χ4v) is 2.50. The number of nitrogen functional groups attached to an aromatic ring is 1. The number of fused-ring (bicyclic) bond motifs is 1. The van der Waals surface area contributed by atoms with Crippen LogP contribution in [0.2, 0.25) is 0 Å². The van der Waals surface area contributed by atoms with E-state index in [0.717, 1.165) is 23.9 Å². The number of carbonyl (C=O) groups excluding carboxylic acids is 1. The molecule has 0 aliphatic heterocycles. The van der Waals surface area contributed by atoms with Crippen molar-refractivity contribution in [2.24, 2.45) is 11.8 Å². The molecule has 0 radical (unpaired) electrons. The van der Waals surface area contributed by atoms with E-state index in [-0.39, 0.29) is 0 Å². The molecule has 1 aromatic carbocycles. The molecule has 0 saturated carbocycles. The van der Waals surface area contributed by atoms with Gasteiger partial charge in [-0.1, -0.05) is 38.5 Å². The standard InChI is InChI=1S/C16H23N3O2/c1-4-11(2)9-19(3)10-13-12-7-5-6-8-14(12)21-15(13)16(20)18-17/h5-8,11H,4,9-10,17H2,1-3H3,(H,18,20). The third-order valence-corrected chi connectivity index (χ3v) is 3.78. The molecule has 0 aliphatic carbocycles. The molecule has 5 nitrogen and oxygen atoms in total. The van der Waals surface area contributed by atoms with Crippen LogP contribution in [0.25, 0.3) is 11.0 Å². The van der Waals surface area contributed by atoms with Crippen molar-refractivity contribution < 1.29 is 9.21 Å². The highest BCUT2D eigenvalue weighted by Crippen LogP contribution is 2.27. The maximum atomic E-state index is 11.9. The van der Waals surface area contributed by atoms with Crippen LogP contribution in [-0.2, 0) is 6.54 Å². The monoisotopic (exact) mass is 289 g/mol. The van der Waals surface area contributed by atoms with Crippen LogP contribution in [0, 0.1) is 5.92 Å². The second kappa shape index (κ2) is 6.74. The molecule has 1 unspecified atom stereocenters. The molecule has 0 bridgehead atoms. The summed E-state index contributed by atoms with van der Waals surface area (Å²) >= 11 is 0. The first-order chi connectivity index (χ1) is 10.1. The summed E-state index contributed by atoms with van der Waals surface area (Å²) < 4.78 is 5.67. The topological polar surface area (TPSA) is 71.5 Å². The lowest BCUT2D eigenvalue weighted by atomic mass is 10.1. The summed E-state index contributed by atoms with van der Waals surface area (Å²) in [5, 5.41) is 0.965. The molecule has 3 N–H and O–H groups in total. The molecule has 0 aliphatic rings. The fraction of sp³-hybridized carbons (Fsp3) is 0.438. The summed E-state index contributed by atoms with van der Waals surface area (Å²) in [4.78, 5) is 14.1. The van der Waals surface area contributed by atoms with Crippen LogP contribution in [0.3, 0.4) is 0 Å². The van der Waals surface area contributed by atoms with Gasteiger partial charge >= 0.3 is 5.91 Å². The van der Waals surface area contributed by atoms with Crippen LogP contribution in [0.1, 0.15) is 36.4 Å². The predicted octanol–water partition coefficient (Wildman–Crippen LogP) is 2.51. The van der Waals surface area contributed by atoms with Crippen LogP contribution in [0.15, 0.2) is 28.7 Å². The smallest absolute Gasteiger partial charge is 0.301 e. The normalized spacial score (nSPS) is 12.8. The van der Waals surface area contributed by atoms with E-state index in [0.29, 0.717) is 23.8 Å². The number of hydrogen-bond donors (Lipinski definition) is 2. The Hall–Kier alpha value is -1.85. The molecule has 2 rings (SSSR count). The first kappa shape index (κ1) is 15.5. The maximum Gasteiger partial charge on any atom is 0.301 e. The molecule has 1 aromatic heterocycles. The number of nitrogens with zero attached hydrogens (tertiary/aromatic N) is 1. The average molecular weight is 289 g/mol. The molecule has 21 heavy (non-hydrogen) atoms. The summed E-state index contributed by atoms with van der Waals surface area (Å²) in [6.07, 6.45) is 1.13. The van der Waals surface area contributed by atoms with Gasteiger partial charge in [-0.3, -0.25) is 10.2 Å². The van der Waals surface area contributed by atoms with Gasteiger partial charge in [0.15, 0.2) is 5.76 Å². The number of carbonyl (C=O) groups is 1. The van der Waals surface area contributed by atoms with E-state index >= 15 is 0 Å². The Bertz CT molecular complexity index is 621. The number of para-hydroxylation sites is 1. The molecular formula is C16H23N3O2. The Balaban J connectivity index is 2.34. The predicted molar refractivity (Wildman–Crippen MR) is 83.7 cm³/mol. The van der Waals surface area contributed by atoms with E-state index in [1.54, 1.807) is 0 Å². The van der Waals surface area contributed by atoms with Gasteiger partial charge in [0, 0.05) is 24.0 Å². The SMILES string of the molecule is CCC(C)CN(C)Cc1c(C(=O)NN)oc2ccccc12. The number of amides is 1. The number of nitrogens with two attached hydrogens (primary N) is 1. The summed E-state index contributed by atoms with van der Waals surface area (Å²) in [5.74, 6) is 5.78. The maximum absolute atomic E-state index is 11.9. The molecule has 2 aromatic rings. The van der Waals surface area contributed by atoms with Crippen LogP contribution in [0.4, 0.5) is 0 Å². The Kier molecular flexibility index (Phi) is 4.98. The first-order valence-corrected chi connectivity index (χ1v) is 7.26. The van der Waals surface area contributed by atoms with Gasteiger partial charge in [-0.15, -0.1) is 0 Å². The largest absolute Gasteiger partial charge is 0.451 e. The van der Waals surface area contributed by atoms with Crippen LogP contribution in [-0.4, -0.2) is 24.4 Å². The summed E-state index contributed by atoms with van der Waals surface area (Å²) in [6.45, 7) is 6.03. The van der Waals surface area contributed by atoms with Crippen molar-refractivity contribution in [3.8, 4) is 0 Å². The fourth-order valence-electron chi connectivity index (χ4n) is 2.50. The van der Waals surface area contributed by atoms with E-state index in [1.165, 1.54) is 0 Å². The minimum Gasteiger partial charge on any atom is -0.451 e. The highest BCUT2D eigenvalue weighted by Gasteiger charge is 2.21. The Morgan fingerprint density at radius 2 is 2.14 bits per heavy atom. The summed E-state index contributed by atoms with van der Waals surface area (Å²) in [7, 11) is 2.05. The number of benzene rings is 1. The van der Waals surface area contributed by atoms with Gasteiger partial charge in [-0.25, -0.2) is 5.84 Å². The molecule has 0 saturated heterocycles. The number of nitrogens with one attached hydrogen (secondary N) is 1. The zero-order valence-corrected chi connectivity index (χ0v) is 12.8. The van der Waals surface area contributed by atoms with Crippen molar-refractivity contribution in [3.63, 3.8) is 0 Å². The van der Waals surface area contributed by atoms with Crippen molar-refractivity contribution in [2.75, 3.05) is 13.6 Å². The molecule has 114 valence electrons. The number of hydrogen-bond acceptors (Lipinski definition) is 4. The Labute approximate surface area is 125 Å². The summed E-state index contributed by atoms with van der Waals surface area (Å²) in [6, 6.07) is 7.67. The van der Waals surface area contributed by atoms with Gasteiger partial charge in [0.2, 0.25) is 0 Å². The lowest BCUT2D eigenvalue weighted by molar-refractivity contribution is 0.0925. The van der Waals surface area contributed by atoms with Gasteiger partial charge in [-0.05, 0) is 19.0 Å². The van der Waals surface area contributed by atoms with Gasteiger partial charge in [0.25, 0.3) is 0 Å². The second-order valence-electron chi connectivity index (χ2n) is 5.59. The lowest BCUT2D eigenvalue weighted by Crippen LogP contribution is -2.31. The van der Waals surface area contributed by atoms with E-state index in [4.69, 9.17) is 10.3 Å². The van der Waals surface area contributed by atoms with E-state index in [2.05, 4.69) is 31.2 Å². The van der Waals surface area contributed by atoms with Crippen LogP contribution in [0.5, 0.6) is 0 Å². The quantitative estimate of drug-likeness (QED) is 0.487. The van der Waals surface area contributed by atoms with Gasteiger partial charge in [0.05, 0.1) is 0 Å². The molecule has 1 atom stereocenters. The molecular weight excluding hydrogens is 266 g/mol. The Morgan fingerprint density at radius 1 is 1.43 bits per heavy atom. The number of hydrazine groups is 1. The summed E-state index contributed by atoms with van der Waals surface area (Å²) in [5.41, 5.74) is 3.76. The highest BCUT2D eigenvalue weighted by molar-refractivity contribution is 5.98. The highest BCUT2D eigenvalue weighted by atomic mass is 16.3. The van der Waals surface area contributed by atoms with Crippen molar-refractivity contribution in [2.45, 2.75) is 26.8 Å². The average Bonchev–Trinajstić information content (AvgIpc) is 2.85. The molecule has 0 spiro atoms. The molecule has 1 amide bonds. The van der Waals surface area contributed by atoms with Gasteiger partial charge in [-0.2, -0.15) is 0 Å². The van der Waals surface area contributed by atoms with E-state index < -0.39 is 5.91 Å². The third-order valence-electron chi connectivity index (χ3n) is 3.78. The van der Waals surface area contributed by atoms with Crippen molar-refractivity contribution in [1.82, 2.24) is 10.3 Å². The zero-order chi connectivity index (χ0) is 15.4. The first-order valence-electron chi connectivity index (χ1n) is 7.26. The van der Waals surface area contributed by atoms with Crippen molar-refractivity contribution in [1.29, 1.82) is 0 Å². The minimum absolute atomic E-state index is 0.301. The number of rotatable bonds is 6. The molecule has 1 heterocycles. The zero-order valence-electron chi connectivity index (χ0n) is 12.8. The van der Waals surface area contributed by atoms with E-state index in [1.807, 2.05) is 24.3 Å². The van der Waals surface area contributed by atoms with Gasteiger partial charge in [0.1, 0.15) is 5.58 Å². The second-order valence-corrected chi connectivity index (χ2v) is 5.59. The molecule has 5 heteroatoms. The number of furan rings is 1. The lowest BCUT2D eigenvalue weighted by Gasteiger charge is -2.20. The van der Waals surface area contributed by atoms with Crippen molar-refractivity contribution in [3.05, 3.63) is 35.6 Å². The van der Waals surface area contributed by atoms with Crippen molar-refractivity contribution >= 4 is 16.9 Å². The van der Waals surface area contributed by atoms with Crippen LogP contribution < -0.4 is 11.3 Å². The van der Waals surface area contributed by atoms with Gasteiger partial charge < -0.3 is 9.32 Å². The third kappa shape index (κ3) is 3.43.